The zero-order chi connectivity index (χ0) is 13.7. The first kappa shape index (κ1) is 14.4. The number of hydrogen-bond donors (Lipinski definition) is 1. The molecule has 0 radical (unpaired) electrons. The first-order valence-electron chi connectivity index (χ1n) is 7.65. The maximum Gasteiger partial charge on any atom is 0.0398 e. The SMILES string of the molecule is CC(C)(CN)CCCN1CCCCc2ccccc21. The summed E-state index contributed by atoms with van der Waals surface area (Å²) in [5.74, 6) is 0. The normalized spacial score (nSPS) is 16.1. The molecule has 2 nitrogen and oxygen atoms in total. The molecule has 0 saturated carbocycles. The average molecular weight is 260 g/mol. The van der Waals surface area contributed by atoms with Gasteiger partial charge in [0.25, 0.3) is 0 Å². The lowest BCUT2D eigenvalue weighted by Crippen LogP contribution is -2.28. The Labute approximate surface area is 118 Å². The Kier molecular flexibility index (Phi) is 4.87. The van der Waals surface area contributed by atoms with Gasteiger partial charge in [0.2, 0.25) is 0 Å². The topological polar surface area (TPSA) is 29.3 Å². The van der Waals surface area contributed by atoms with Gasteiger partial charge in [0.15, 0.2) is 0 Å². The van der Waals surface area contributed by atoms with E-state index in [9.17, 15) is 0 Å². The second-order valence-corrected chi connectivity index (χ2v) is 6.54. The van der Waals surface area contributed by atoms with Gasteiger partial charge in [0.05, 0.1) is 0 Å². The van der Waals surface area contributed by atoms with Crippen molar-refractivity contribution in [2.24, 2.45) is 11.1 Å². The maximum atomic E-state index is 5.81. The van der Waals surface area contributed by atoms with Crippen LogP contribution in [-0.4, -0.2) is 19.6 Å². The van der Waals surface area contributed by atoms with Gasteiger partial charge in [-0.15, -0.1) is 0 Å². The summed E-state index contributed by atoms with van der Waals surface area (Å²) in [4.78, 5) is 2.58. The van der Waals surface area contributed by atoms with Gasteiger partial charge in [-0.1, -0.05) is 32.0 Å². The van der Waals surface area contributed by atoms with Crippen molar-refractivity contribution in [3.8, 4) is 0 Å². The molecule has 0 fully saturated rings. The van der Waals surface area contributed by atoms with Crippen LogP contribution in [0.2, 0.25) is 0 Å². The van der Waals surface area contributed by atoms with E-state index < -0.39 is 0 Å². The number of nitrogens with zero attached hydrogens (tertiary/aromatic N) is 1. The zero-order valence-electron chi connectivity index (χ0n) is 12.5. The summed E-state index contributed by atoms with van der Waals surface area (Å²) in [6, 6.07) is 8.91. The van der Waals surface area contributed by atoms with Crippen molar-refractivity contribution in [3.05, 3.63) is 29.8 Å². The van der Waals surface area contributed by atoms with E-state index in [1.165, 1.54) is 56.4 Å². The van der Waals surface area contributed by atoms with Gasteiger partial charge in [-0.05, 0) is 55.7 Å². The molecule has 0 amide bonds. The van der Waals surface area contributed by atoms with E-state index in [2.05, 4.69) is 43.0 Å². The molecule has 0 bridgehead atoms. The fourth-order valence-corrected chi connectivity index (χ4v) is 2.85. The molecule has 2 rings (SSSR count). The van der Waals surface area contributed by atoms with Crippen LogP contribution in [0.25, 0.3) is 0 Å². The molecule has 0 aromatic heterocycles. The Balaban J connectivity index is 1.97. The van der Waals surface area contributed by atoms with Gasteiger partial charge < -0.3 is 10.6 Å². The van der Waals surface area contributed by atoms with Crippen LogP contribution in [0, 0.1) is 5.41 Å². The fourth-order valence-electron chi connectivity index (χ4n) is 2.85. The van der Waals surface area contributed by atoms with Gasteiger partial charge in [0.1, 0.15) is 0 Å². The number of aryl methyl sites for hydroxylation is 1. The summed E-state index contributed by atoms with van der Waals surface area (Å²) >= 11 is 0. The number of para-hydroxylation sites is 1. The fraction of sp³-hybridized carbons (Fsp3) is 0.647. The summed E-state index contributed by atoms with van der Waals surface area (Å²) < 4.78 is 0. The number of anilines is 1. The lowest BCUT2D eigenvalue weighted by atomic mass is 9.88. The summed E-state index contributed by atoms with van der Waals surface area (Å²) in [6.45, 7) is 7.69. The number of rotatable bonds is 5. The van der Waals surface area contributed by atoms with Crippen LogP contribution in [0.5, 0.6) is 0 Å². The van der Waals surface area contributed by atoms with Crippen LogP contribution in [0.1, 0.15) is 45.1 Å². The summed E-state index contributed by atoms with van der Waals surface area (Å²) in [5, 5.41) is 0. The van der Waals surface area contributed by atoms with Crippen LogP contribution in [-0.2, 0) is 6.42 Å². The van der Waals surface area contributed by atoms with Crippen LogP contribution in [0.3, 0.4) is 0 Å². The van der Waals surface area contributed by atoms with E-state index in [1.54, 1.807) is 0 Å². The second kappa shape index (κ2) is 6.42. The summed E-state index contributed by atoms with van der Waals surface area (Å²) in [5.41, 5.74) is 9.09. The molecule has 0 atom stereocenters. The number of hydrogen-bond acceptors (Lipinski definition) is 2. The lowest BCUT2D eigenvalue weighted by Gasteiger charge is -2.28. The number of fused-ring (bicyclic) bond motifs is 1. The van der Waals surface area contributed by atoms with Crippen LogP contribution in [0.4, 0.5) is 5.69 Å². The molecule has 2 heteroatoms. The number of benzene rings is 1. The van der Waals surface area contributed by atoms with Crippen molar-refractivity contribution in [1.29, 1.82) is 0 Å². The quantitative estimate of drug-likeness (QED) is 0.876. The molecule has 106 valence electrons. The predicted octanol–water partition coefficient (Wildman–Crippen LogP) is 3.59. The molecule has 1 aliphatic rings. The van der Waals surface area contributed by atoms with Gasteiger partial charge in [0, 0.05) is 18.8 Å². The minimum absolute atomic E-state index is 0.283. The molecular formula is C17H28N2. The van der Waals surface area contributed by atoms with Crippen molar-refractivity contribution in [3.63, 3.8) is 0 Å². The van der Waals surface area contributed by atoms with Crippen LogP contribution >= 0.6 is 0 Å². The van der Waals surface area contributed by atoms with E-state index in [4.69, 9.17) is 5.73 Å². The largest absolute Gasteiger partial charge is 0.371 e. The third kappa shape index (κ3) is 3.97. The highest BCUT2D eigenvalue weighted by atomic mass is 15.1. The predicted molar refractivity (Wildman–Crippen MR) is 83.7 cm³/mol. The summed E-state index contributed by atoms with van der Waals surface area (Å²) in [7, 11) is 0. The molecule has 0 spiro atoms. The summed E-state index contributed by atoms with van der Waals surface area (Å²) in [6.07, 6.45) is 6.32. The van der Waals surface area contributed by atoms with Gasteiger partial charge in [-0.2, -0.15) is 0 Å². The molecule has 1 aromatic carbocycles. The minimum atomic E-state index is 0.283. The van der Waals surface area contributed by atoms with Crippen LogP contribution < -0.4 is 10.6 Å². The molecule has 1 aliphatic heterocycles. The van der Waals surface area contributed by atoms with E-state index in [0.717, 1.165) is 6.54 Å². The smallest absolute Gasteiger partial charge is 0.0398 e. The van der Waals surface area contributed by atoms with Gasteiger partial charge in [-0.3, -0.25) is 0 Å². The van der Waals surface area contributed by atoms with E-state index in [1.807, 2.05) is 0 Å². The first-order valence-corrected chi connectivity index (χ1v) is 7.65. The highest BCUT2D eigenvalue weighted by Gasteiger charge is 2.18. The maximum absolute atomic E-state index is 5.81. The molecule has 0 unspecified atom stereocenters. The van der Waals surface area contributed by atoms with E-state index >= 15 is 0 Å². The average Bonchev–Trinajstić information content (AvgIpc) is 2.61. The third-order valence-corrected chi connectivity index (χ3v) is 4.29. The number of nitrogens with two attached hydrogens (primary N) is 1. The highest BCUT2D eigenvalue weighted by Crippen LogP contribution is 2.27. The molecule has 1 aromatic rings. The Morgan fingerprint density at radius 2 is 2.00 bits per heavy atom. The first-order chi connectivity index (χ1) is 9.12. The highest BCUT2D eigenvalue weighted by molar-refractivity contribution is 5.54. The Bertz CT molecular complexity index is 398. The molecule has 19 heavy (non-hydrogen) atoms. The molecular weight excluding hydrogens is 232 g/mol. The zero-order valence-corrected chi connectivity index (χ0v) is 12.5. The minimum Gasteiger partial charge on any atom is -0.371 e. The molecule has 0 aliphatic carbocycles. The van der Waals surface area contributed by atoms with E-state index in [0.29, 0.717) is 0 Å². The van der Waals surface area contributed by atoms with Gasteiger partial charge in [-0.25, -0.2) is 0 Å². The Morgan fingerprint density at radius 1 is 1.21 bits per heavy atom. The van der Waals surface area contributed by atoms with E-state index in [-0.39, 0.29) is 5.41 Å². The van der Waals surface area contributed by atoms with Gasteiger partial charge >= 0.3 is 0 Å². The molecule has 2 N–H and O–H groups in total. The van der Waals surface area contributed by atoms with Crippen LogP contribution in [0.15, 0.2) is 24.3 Å². The third-order valence-electron chi connectivity index (χ3n) is 4.29. The Hall–Kier alpha value is -1.02. The molecule has 1 heterocycles. The standard InChI is InChI=1S/C17H28N2/c1-17(2,14-18)11-7-13-19-12-6-5-9-15-8-3-4-10-16(15)19/h3-4,8,10H,5-7,9,11-14,18H2,1-2H3. The van der Waals surface area contributed by atoms with Crippen molar-refractivity contribution in [2.45, 2.75) is 46.0 Å². The van der Waals surface area contributed by atoms with Crippen molar-refractivity contribution < 1.29 is 0 Å². The lowest BCUT2D eigenvalue weighted by molar-refractivity contribution is 0.338. The van der Waals surface area contributed by atoms with Crippen molar-refractivity contribution in [1.82, 2.24) is 0 Å². The second-order valence-electron chi connectivity index (χ2n) is 6.54. The van der Waals surface area contributed by atoms with Crippen molar-refractivity contribution >= 4 is 5.69 Å². The van der Waals surface area contributed by atoms with Crippen molar-refractivity contribution in [2.75, 3.05) is 24.5 Å². The molecule has 0 saturated heterocycles. The monoisotopic (exact) mass is 260 g/mol. The Morgan fingerprint density at radius 3 is 2.79 bits per heavy atom.